The third-order valence-electron chi connectivity index (χ3n) is 3.90. The van der Waals surface area contributed by atoms with Gasteiger partial charge in [0, 0.05) is 22.3 Å². The number of sulfonamides is 1. The molecule has 0 bridgehead atoms. The zero-order valence-corrected chi connectivity index (χ0v) is 15.5. The van der Waals surface area contributed by atoms with Gasteiger partial charge in [-0.2, -0.15) is 0 Å². The van der Waals surface area contributed by atoms with E-state index in [0.29, 0.717) is 23.5 Å². The summed E-state index contributed by atoms with van der Waals surface area (Å²) in [6, 6.07) is 12.5. The van der Waals surface area contributed by atoms with Crippen LogP contribution in [0.15, 0.2) is 46.9 Å². The molecule has 0 saturated carbocycles. The van der Waals surface area contributed by atoms with E-state index in [0.717, 1.165) is 22.9 Å². The molecule has 3 rings (SSSR count). The van der Waals surface area contributed by atoms with Crippen molar-refractivity contribution < 1.29 is 13.2 Å². The average molecular weight is 409 g/mol. The summed E-state index contributed by atoms with van der Waals surface area (Å²) in [6.07, 6.45) is 2.77. The van der Waals surface area contributed by atoms with Crippen molar-refractivity contribution in [1.82, 2.24) is 0 Å². The molecule has 24 heavy (non-hydrogen) atoms. The minimum atomic E-state index is -3.28. The molecule has 0 spiro atoms. The highest BCUT2D eigenvalue weighted by Gasteiger charge is 2.24. The Kier molecular flexibility index (Phi) is 4.64. The highest BCUT2D eigenvalue weighted by atomic mass is 79.9. The molecule has 1 amide bonds. The molecule has 2 aromatic carbocycles. The number of carbonyl (C=O) groups excluding carboxylic acids is 1. The maximum atomic E-state index is 12.3. The summed E-state index contributed by atoms with van der Waals surface area (Å²) < 4.78 is 26.0. The first-order chi connectivity index (χ1) is 11.3. The van der Waals surface area contributed by atoms with Gasteiger partial charge >= 0.3 is 0 Å². The van der Waals surface area contributed by atoms with E-state index in [1.54, 1.807) is 30.3 Å². The van der Waals surface area contributed by atoms with Gasteiger partial charge in [-0.15, -0.1) is 0 Å². The minimum absolute atomic E-state index is 0.202. The molecule has 1 aliphatic heterocycles. The van der Waals surface area contributed by atoms with Crippen molar-refractivity contribution in [2.45, 2.75) is 12.8 Å². The molecule has 2 aromatic rings. The lowest BCUT2D eigenvalue weighted by Gasteiger charge is -2.29. The maximum Gasteiger partial charge on any atom is 0.255 e. The van der Waals surface area contributed by atoms with Crippen LogP contribution in [0.3, 0.4) is 0 Å². The van der Waals surface area contributed by atoms with Crippen LogP contribution in [0.1, 0.15) is 22.3 Å². The van der Waals surface area contributed by atoms with Gasteiger partial charge in [-0.05, 0) is 54.8 Å². The summed E-state index contributed by atoms with van der Waals surface area (Å²) in [6.45, 7) is 0.496. The van der Waals surface area contributed by atoms with Crippen LogP contribution < -0.4 is 9.62 Å². The first-order valence-electron chi connectivity index (χ1n) is 7.52. The number of halogens is 1. The number of carbonyl (C=O) groups is 1. The first-order valence-corrected chi connectivity index (χ1v) is 10.2. The van der Waals surface area contributed by atoms with Crippen LogP contribution >= 0.6 is 15.9 Å². The second-order valence-electron chi connectivity index (χ2n) is 5.75. The number of nitrogens with one attached hydrogen (secondary N) is 1. The summed E-state index contributed by atoms with van der Waals surface area (Å²) in [5.41, 5.74) is 2.84. The monoisotopic (exact) mass is 408 g/mol. The summed E-state index contributed by atoms with van der Waals surface area (Å²) in [5, 5.41) is 2.86. The quantitative estimate of drug-likeness (QED) is 0.845. The second-order valence-corrected chi connectivity index (χ2v) is 8.57. The van der Waals surface area contributed by atoms with Gasteiger partial charge in [0.05, 0.1) is 11.9 Å². The topological polar surface area (TPSA) is 66.5 Å². The van der Waals surface area contributed by atoms with Crippen LogP contribution in [-0.2, 0) is 16.4 Å². The van der Waals surface area contributed by atoms with Crippen molar-refractivity contribution >= 4 is 43.2 Å². The normalized spacial score (nSPS) is 14.2. The fourth-order valence-electron chi connectivity index (χ4n) is 2.82. The lowest BCUT2D eigenvalue weighted by Crippen LogP contribution is -2.34. The molecular formula is C17H17BrN2O3S. The molecule has 1 heterocycles. The van der Waals surface area contributed by atoms with E-state index in [1.165, 1.54) is 10.6 Å². The zero-order valence-electron chi connectivity index (χ0n) is 13.1. The number of fused-ring (bicyclic) bond motifs is 1. The van der Waals surface area contributed by atoms with E-state index >= 15 is 0 Å². The van der Waals surface area contributed by atoms with Crippen molar-refractivity contribution in [3.63, 3.8) is 0 Å². The van der Waals surface area contributed by atoms with E-state index in [2.05, 4.69) is 21.2 Å². The molecule has 1 N–H and O–H groups in total. The largest absolute Gasteiger partial charge is 0.322 e. The van der Waals surface area contributed by atoms with Crippen molar-refractivity contribution in [2.24, 2.45) is 0 Å². The van der Waals surface area contributed by atoms with Gasteiger partial charge in [0.1, 0.15) is 0 Å². The zero-order chi connectivity index (χ0) is 17.3. The predicted octanol–water partition coefficient (Wildman–Crippen LogP) is 3.41. The summed E-state index contributed by atoms with van der Waals surface area (Å²) in [7, 11) is -3.28. The molecule has 1 aliphatic rings. The van der Waals surface area contributed by atoms with Crippen molar-refractivity contribution in [3.05, 3.63) is 58.1 Å². The molecule has 5 nitrogen and oxygen atoms in total. The Morgan fingerprint density at radius 3 is 2.71 bits per heavy atom. The molecule has 0 saturated heterocycles. The number of benzene rings is 2. The first kappa shape index (κ1) is 17.0. The number of hydrogen-bond acceptors (Lipinski definition) is 3. The van der Waals surface area contributed by atoms with Crippen LogP contribution in [0, 0.1) is 0 Å². The van der Waals surface area contributed by atoms with Crippen LogP contribution in [-0.4, -0.2) is 27.1 Å². The van der Waals surface area contributed by atoms with Crippen molar-refractivity contribution in [2.75, 3.05) is 22.4 Å². The van der Waals surface area contributed by atoms with Gasteiger partial charge in [0.15, 0.2) is 0 Å². The molecular weight excluding hydrogens is 392 g/mol. The highest BCUT2D eigenvalue weighted by Crippen LogP contribution is 2.31. The Balaban J connectivity index is 1.85. The second kappa shape index (κ2) is 6.57. The van der Waals surface area contributed by atoms with Gasteiger partial charge in [-0.25, -0.2) is 8.42 Å². The smallest absolute Gasteiger partial charge is 0.255 e. The molecule has 0 aromatic heterocycles. The van der Waals surface area contributed by atoms with Gasteiger partial charge in [0.2, 0.25) is 10.0 Å². The van der Waals surface area contributed by atoms with Crippen molar-refractivity contribution in [3.8, 4) is 0 Å². The molecule has 7 heteroatoms. The summed E-state index contributed by atoms with van der Waals surface area (Å²) in [5.74, 6) is -0.202. The summed E-state index contributed by atoms with van der Waals surface area (Å²) >= 11 is 3.35. The molecule has 0 aliphatic carbocycles. The number of hydrogen-bond donors (Lipinski definition) is 1. The lowest BCUT2D eigenvalue weighted by molar-refractivity contribution is 0.102. The van der Waals surface area contributed by atoms with Gasteiger partial charge < -0.3 is 5.32 Å². The van der Waals surface area contributed by atoms with Gasteiger partial charge in [-0.3, -0.25) is 9.10 Å². The van der Waals surface area contributed by atoms with Crippen LogP contribution in [0.5, 0.6) is 0 Å². The van der Waals surface area contributed by atoms with E-state index in [1.807, 2.05) is 12.1 Å². The predicted molar refractivity (Wildman–Crippen MR) is 99.0 cm³/mol. The van der Waals surface area contributed by atoms with Gasteiger partial charge in [-0.1, -0.05) is 22.0 Å². The Bertz CT molecular complexity index is 896. The Morgan fingerprint density at radius 1 is 1.21 bits per heavy atom. The Hall–Kier alpha value is -1.86. The Labute approximate surface area is 149 Å². The fraction of sp³-hybridized carbons (Fsp3) is 0.235. The lowest BCUT2D eigenvalue weighted by atomic mass is 10.0. The SMILES string of the molecule is CS(=O)(=O)N1CCCc2cc(NC(=O)c3cccc(Br)c3)ccc21. The Morgan fingerprint density at radius 2 is 2.00 bits per heavy atom. The number of aryl methyl sites for hydroxylation is 1. The van der Waals surface area contributed by atoms with Crippen molar-refractivity contribution in [1.29, 1.82) is 0 Å². The minimum Gasteiger partial charge on any atom is -0.322 e. The van der Waals surface area contributed by atoms with E-state index in [9.17, 15) is 13.2 Å². The number of rotatable bonds is 3. The summed E-state index contributed by atoms with van der Waals surface area (Å²) in [4.78, 5) is 12.3. The number of anilines is 2. The molecule has 126 valence electrons. The third-order valence-corrected chi connectivity index (χ3v) is 5.57. The molecule has 0 fully saturated rings. The third kappa shape index (κ3) is 3.62. The standard InChI is InChI=1S/C17H17BrN2O3S/c1-24(22,23)20-9-3-5-12-11-15(7-8-16(12)20)19-17(21)13-4-2-6-14(18)10-13/h2,4,6-8,10-11H,3,5,9H2,1H3,(H,19,21). The molecule has 0 unspecified atom stereocenters. The van der Waals surface area contributed by atoms with Crippen LogP contribution in [0.2, 0.25) is 0 Å². The molecule has 0 atom stereocenters. The molecule has 0 radical (unpaired) electrons. The highest BCUT2D eigenvalue weighted by molar-refractivity contribution is 9.10. The number of amides is 1. The van der Waals surface area contributed by atoms with E-state index in [4.69, 9.17) is 0 Å². The fourth-order valence-corrected chi connectivity index (χ4v) is 4.21. The van der Waals surface area contributed by atoms with Crippen LogP contribution in [0.4, 0.5) is 11.4 Å². The van der Waals surface area contributed by atoms with Crippen LogP contribution in [0.25, 0.3) is 0 Å². The number of nitrogens with zero attached hydrogens (tertiary/aromatic N) is 1. The average Bonchev–Trinajstić information content (AvgIpc) is 2.53. The maximum absolute atomic E-state index is 12.3. The van der Waals surface area contributed by atoms with E-state index < -0.39 is 10.0 Å². The van der Waals surface area contributed by atoms with E-state index in [-0.39, 0.29) is 5.91 Å². The van der Waals surface area contributed by atoms with Gasteiger partial charge in [0.25, 0.3) is 5.91 Å².